The van der Waals surface area contributed by atoms with Gasteiger partial charge in [0.2, 0.25) is 5.89 Å². The molecule has 16 heavy (non-hydrogen) atoms. The molecule has 0 saturated heterocycles. The van der Waals surface area contributed by atoms with Crippen molar-refractivity contribution in [2.24, 2.45) is 0 Å². The molecule has 1 heterocycles. The van der Waals surface area contributed by atoms with Gasteiger partial charge in [-0.05, 0) is 25.1 Å². The summed E-state index contributed by atoms with van der Waals surface area (Å²) < 4.78 is 6.19. The van der Waals surface area contributed by atoms with E-state index in [9.17, 15) is 4.79 Å². The van der Waals surface area contributed by atoms with Crippen molar-refractivity contribution in [1.82, 2.24) is 4.98 Å². The summed E-state index contributed by atoms with van der Waals surface area (Å²) in [5, 5.41) is 8.85. The fraction of sp³-hybridized carbons (Fsp3) is 0.0909. The molecule has 5 heteroatoms. The predicted molar refractivity (Wildman–Crippen MR) is 61.3 cm³/mol. The first-order valence-electron chi connectivity index (χ1n) is 4.54. The van der Waals surface area contributed by atoms with Crippen molar-refractivity contribution >= 4 is 21.9 Å². The smallest absolute Gasteiger partial charge is 0.358 e. The molecule has 0 bridgehead atoms. The molecule has 82 valence electrons. The van der Waals surface area contributed by atoms with E-state index in [4.69, 9.17) is 9.52 Å². The summed E-state index contributed by atoms with van der Waals surface area (Å²) in [6.45, 7) is 1.58. The molecule has 4 nitrogen and oxygen atoms in total. The van der Waals surface area contributed by atoms with E-state index in [1.54, 1.807) is 6.92 Å². The summed E-state index contributed by atoms with van der Waals surface area (Å²) >= 11 is 3.33. The van der Waals surface area contributed by atoms with Gasteiger partial charge in [0, 0.05) is 10.0 Å². The third-order valence-electron chi connectivity index (χ3n) is 2.07. The van der Waals surface area contributed by atoms with E-state index in [1.165, 1.54) is 0 Å². The molecule has 0 aliphatic rings. The van der Waals surface area contributed by atoms with Crippen LogP contribution in [0.15, 0.2) is 33.2 Å². The lowest BCUT2D eigenvalue weighted by molar-refractivity contribution is 0.0689. The summed E-state index contributed by atoms with van der Waals surface area (Å²) in [6, 6.07) is 7.33. The molecule has 1 aromatic carbocycles. The van der Waals surface area contributed by atoms with Crippen LogP contribution in [0.1, 0.15) is 16.2 Å². The number of nitrogens with zero attached hydrogens (tertiary/aromatic N) is 1. The standard InChI is InChI=1S/C11H8BrNO3/c1-6-9(11(14)15)13-10(16-6)7-3-2-4-8(12)5-7/h2-5H,1H3,(H,14,15). The maximum absolute atomic E-state index is 10.8. The summed E-state index contributed by atoms with van der Waals surface area (Å²) in [5.74, 6) is -0.457. The highest BCUT2D eigenvalue weighted by Crippen LogP contribution is 2.24. The van der Waals surface area contributed by atoms with Crippen LogP contribution in [0.25, 0.3) is 11.5 Å². The van der Waals surface area contributed by atoms with Gasteiger partial charge >= 0.3 is 5.97 Å². The van der Waals surface area contributed by atoms with Crippen molar-refractivity contribution < 1.29 is 14.3 Å². The van der Waals surface area contributed by atoms with Gasteiger partial charge < -0.3 is 9.52 Å². The second-order valence-electron chi connectivity index (χ2n) is 3.24. The maximum Gasteiger partial charge on any atom is 0.358 e. The summed E-state index contributed by atoms with van der Waals surface area (Å²) in [4.78, 5) is 14.7. The van der Waals surface area contributed by atoms with Gasteiger partial charge in [-0.25, -0.2) is 9.78 Å². The van der Waals surface area contributed by atoms with Crippen LogP contribution in [0, 0.1) is 6.92 Å². The van der Waals surface area contributed by atoms with E-state index < -0.39 is 5.97 Å². The Kier molecular flexibility index (Phi) is 2.78. The van der Waals surface area contributed by atoms with E-state index >= 15 is 0 Å². The quantitative estimate of drug-likeness (QED) is 0.919. The topological polar surface area (TPSA) is 63.3 Å². The number of carbonyl (C=O) groups is 1. The Morgan fingerprint density at radius 3 is 2.81 bits per heavy atom. The first kappa shape index (κ1) is 10.9. The molecule has 0 radical (unpaired) electrons. The molecule has 0 atom stereocenters. The molecule has 0 unspecified atom stereocenters. The Balaban J connectivity index is 2.49. The number of oxazole rings is 1. The minimum absolute atomic E-state index is 0.0463. The van der Waals surface area contributed by atoms with Gasteiger partial charge in [-0.3, -0.25) is 0 Å². The van der Waals surface area contributed by atoms with Crippen LogP contribution in [0.4, 0.5) is 0 Å². The Labute approximate surface area is 100 Å². The van der Waals surface area contributed by atoms with E-state index in [0.717, 1.165) is 10.0 Å². The lowest BCUT2D eigenvalue weighted by atomic mass is 10.2. The zero-order chi connectivity index (χ0) is 11.7. The number of rotatable bonds is 2. The second-order valence-corrected chi connectivity index (χ2v) is 4.15. The Morgan fingerprint density at radius 1 is 1.50 bits per heavy atom. The summed E-state index contributed by atoms with van der Waals surface area (Å²) in [5.41, 5.74) is 0.694. The van der Waals surface area contributed by atoms with Crippen molar-refractivity contribution in [3.63, 3.8) is 0 Å². The van der Waals surface area contributed by atoms with Gasteiger partial charge in [-0.2, -0.15) is 0 Å². The van der Waals surface area contributed by atoms with Crippen LogP contribution in [0.2, 0.25) is 0 Å². The number of halogens is 1. The van der Waals surface area contributed by atoms with Gasteiger partial charge in [-0.1, -0.05) is 22.0 Å². The number of aromatic nitrogens is 1. The first-order chi connectivity index (χ1) is 7.58. The predicted octanol–water partition coefficient (Wildman–Crippen LogP) is 3.11. The van der Waals surface area contributed by atoms with Crippen LogP contribution in [0.5, 0.6) is 0 Å². The van der Waals surface area contributed by atoms with Gasteiger partial charge in [0.15, 0.2) is 5.69 Å². The third kappa shape index (κ3) is 1.99. The minimum atomic E-state index is -1.08. The van der Waals surface area contributed by atoms with Crippen molar-refractivity contribution in [3.8, 4) is 11.5 Å². The molecular weight excluding hydrogens is 274 g/mol. The van der Waals surface area contributed by atoms with Crippen molar-refractivity contribution in [2.45, 2.75) is 6.92 Å². The largest absolute Gasteiger partial charge is 0.476 e. The number of carboxylic acids is 1. The number of aromatic carboxylic acids is 1. The molecule has 0 aliphatic carbocycles. The number of aryl methyl sites for hydroxylation is 1. The molecule has 2 rings (SSSR count). The molecule has 0 amide bonds. The number of carboxylic acid groups (broad SMARTS) is 1. The molecular formula is C11H8BrNO3. The van der Waals surface area contributed by atoms with Gasteiger partial charge in [0.1, 0.15) is 5.76 Å². The van der Waals surface area contributed by atoms with Crippen LogP contribution in [0.3, 0.4) is 0 Å². The van der Waals surface area contributed by atoms with Crippen molar-refractivity contribution in [3.05, 3.63) is 40.2 Å². The molecule has 1 N–H and O–H groups in total. The highest BCUT2D eigenvalue weighted by Gasteiger charge is 2.16. The van der Waals surface area contributed by atoms with E-state index in [2.05, 4.69) is 20.9 Å². The van der Waals surface area contributed by atoms with E-state index in [0.29, 0.717) is 11.7 Å². The fourth-order valence-electron chi connectivity index (χ4n) is 1.34. The minimum Gasteiger partial charge on any atom is -0.476 e. The Hall–Kier alpha value is -1.62. The normalized spacial score (nSPS) is 10.4. The monoisotopic (exact) mass is 281 g/mol. The van der Waals surface area contributed by atoms with Crippen LogP contribution in [-0.2, 0) is 0 Å². The second kappa shape index (κ2) is 4.09. The lowest BCUT2D eigenvalue weighted by Gasteiger charge is -1.95. The third-order valence-corrected chi connectivity index (χ3v) is 2.56. The SMILES string of the molecule is Cc1oc(-c2cccc(Br)c2)nc1C(=O)O. The fourth-order valence-corrected chi connectivity index (χ4v) is 1.74. The Bertz CT molecular complexity index is 548. The zero-order valence-corrected chi connectivity index (χ0v) is 9.98. The molecule has 1 aromatic heterocycles. The highest BCUT2D eigenvalue weighted by atomic mass is 79.9. The molecule has 0 fully saturated rings. The lowest BCUT2D eigenvalue weighted by Crippen LogP contribution is -1.98. The van der Waals surface area contributed by atoms with Crippen molar-refractivity contribution in [2.75, 3.05) is 0 Å². The summed E-state index contributed by atoms with van der Waals surface area (Å²) in [7, 11) is 0. The first-order valence-corrected chi connectivity index (χ1v) is 5.34. The number of hydrogen-bond acceptors (Lipinski definition) is 3. The molecule has 0 spiro atoms. The average Bonchev–Trinajstić information content (AvgIpc) is 2.60. The number of hydrogen-bond donors (Lipinski definition) is 1. The highest BCUT2D eigenvalue weighted by molar-refractivity contribution is 9.10. The van der Waals surface area contributed by atoms with E-state index in [-0.39, 0.29) is 5.69 Å². The van der Waals surface area contributed by atoms with Crippen LogP contribution < -0.4 is 0 Å². The van der Waals surface area contributed by atoms with Gasteiger partial charge in [0.05, 0.1) is 0 Å². The average molecular weight is 282 g/mol. The van der Waals surface area contributed by atoms with Crippen molar-refractivity contribution in [1.29, 1.82) is 0 Å². The number of benzene rings is 1. The molecule has 0 saturated carbocycles. The zero-order valence-electron chi connectivity index (χ0n) is 8.40. The molecule has 0 aliphatic heterocycles. The molecule has 2 aromatic rings. The maximum atomic E-state index is 10.8. The van der Waals surface area contributed by atoms with E-state index in [1.807, 2.05) is 24.3 Å². The van der Waals surface area contributed by atoms with Gasteiger partial charge in [-0.15, -0.1) is 0 Å². The van der Waals surface area contributed by atoms with Crippen LogP contribution in [-0.4, -0.2) is 16.1 Å². The van der Waals surface area contributed by atoms with Gasteiger partial charge in [0.25, 0.3) is 0 Å². The summed E-state index contributed by atoms with van der Waals surface area (Å²) in [6.07, 6.45) is 0. The Morgan fingerprint density at radius 2 is 2.25 bits per heavy atom. The van der Waals surface area contributed by atoms with Crippen LogP contribution >= 0.6 is 15.9 Å².